The van der Waals surface area contributed by atoms with Gasteiger partial charge in [0, 0.05) is 17.1 Å². The van der Waals surface area contributed by atoms with Crippen LogP contribution in [0.15, 0.2) is 24.3 Å². The Morgan fingerprint density at radius 2 is 1.76 bits per heavy atom. The fraction of sp³-hybridized carbons (Fsp3) is 0.278. The van der Waals surface area contributed by atoms with Crippen molar-refractivity contribution in [2.75, 3.05) is 26.1 Å². The van der Waals surface area contributed by atoms with Gasteiger partial charge in [0.2, 0.25) is 0 Å². The van der Waals surface area contributed by atoms with E-state index in [1.807, 2.05) is 12.1 Å². The fourth-order valence-electron chi connectivity index (χ4n) is 3.73. The van der Waals surface area contributed by atoms with E-state index in [1.54, 1.807) is 26.4 Å². The van der Waals surface area contributed by atoms with Gasteiger partial charge in [-0.3, -0.25) is 10.1 Å². The van der Waals surface area contributed by atoms with E-state index in [2.05, 4.69) is 10.6 Å². The summed E-state index contributed by atoms with van der Waals surface area (Å²) >= 11 is 12.5. The van der Waals surface area contributed by atoms with Crippen molar-refractivity contribution in [3.63, 3.8) is 0 Å². The Labute approximate surface area is 155 Å². The highest BCUT2D eigenvalue weighted by molar-refractivity contribution is 6.38. The Morgan fingerprint density at radius 1 is 1.04 bits per heavy atom. The lowest BCUT2D eigenvalue weighted by Gasteiger charge is -2.36. The number of fused-ring (bicyclic) bond motifs is 4. The summed E-state index contributed by atoms with van der Waals surface area (Å²) in [6.45, 7) is 0.638. The van der Waals surface area contributed by atoms with Crippen LogP contribution in [-0.2, 0) is 16.8 Å². The topological polar surface area (TPSA) is 59.6 Å². The number of halogens is 2. The van der Waals surface area contributed by atoms with E-state index < -0.39 is 5.54 Å². The molecule has 130 valence electrons. The molecule has 2 aliphatic rings. The summed E-state index contributed by atoms with van der Waals surface area (Å²) in [4.78, 5) is 13.0. The summed E-state index contributed by atoms with van der Waals surface area (Å²) in [5.74, 6) is 1.03. The Bertz CT molecular complexity index is 900. The second-order valence-corrected chi connectivity index (χ2v) is 6.90. The maximum Gasteiger partial charge on any atom is 0.254 e. The minimum atomic E-state index is -1.04. The first-order chi connectivity index (χ1) is 12.0. The van der Waals surface area contributed by atoms with Crippen molar-refractivity contribution in [2.24, 2.45) is 0 Å². The lowest BCUT2D eigenvalue weighted by Crippen LogP contribution is -2.52. The first kappa shape index (κ1) is 16.5. The molecule has 0 aromatic heterocycles. The highest BCUT2D eigenvalue weighted by atomic mass is 35.5. The van der Waals surface area contributed by atoms with Gasteiger partial charge in [-0.05, 0) is 41.8 Å². The predicted molar refractivity (Wildman–Crippen MR) is 97.1 cm³/mol. The third kappa shape index (κ3) is 2.23. The first-order valence-corrected chi connectivity index (χ1v) is 8.58. The standard InChI is InChI=1S/C18H16Cl2N2O3/c1-24-14-5-9-3-4-21-18(11(9)8-15(14)25-2)12-6-10(19)7-13(20)16(12)22-17(18)23/h5-8,21H,3-4H2,1-2H3,(H,22,23). The molecule has 0 radical (unpaired) electrons. The molecule has 2 N–H and O–H groups in total. The molecule has 2 aromatic rings. The zero-order valence-corrected chi connectivity index (χ0v) is 15.2. The lowest BCUT2D eigenvalue weighted by molar-refractivity contribution is -0.120. The zero-order chi connectivity index (χ0) is 17.8. The number of anilines is 1. The molecule has 0 fully saturated rings. The summed E-state index contributed by atoms with van der Waals surface area (Å²) in [7, 11) is 3.17. The van der Waals surface area contributed by atoms with Crippen LogP contribution in [0.5, 0.6) is 11.5 Å². The fourth-order valence-corrected chi connectivity index (χ4v) is 4.27. The molecule has 0 bridgehead atoms. The number of hydrogen-bond acceptors (Lipinski definition) is 4. The second kappa shape index (κ2) is 5.80. The zero-order valence-electron chi connectivity index (χ0n) is 13.7. The molecule has 1 unspecified atom stereocenters. The van der Waals surface area contributed by atoms with Crippen molar-refractivity contribution in [1.82, 2.24) is 5.32 Å². The normalized spacial score (nSPS) is 20.9. The van der Waals surface area contributed by atoms with Crippen LogP contribution < -0.4 is 20.1 Å². The minimum Gasteiger partial charge on any atom is -0.493 e. The maximum absolute atomic E-state index is 13.0. The van der Waals surface area contributed by atoms with Gasteiger partial charge in [-0.15, -0.1) is 0 Å². The molecule has 0 aliphatic carbocycles. The monoisotopic (exact) mass is 378 g/mol. The van der Waals surface area contributed by atoms with E-state index in [0.29, 0.717) is 33.8 Å². The van der Waals surface area contributed by atoms with Gasteiger partial charge in [-0.25, -0.2) is 0 Å². The van der Waals surface area contributed by atoms with Gasteiger partial charge >= 0.3 is 0 Å². The number of hydrogen-bond donors (Lipinski definition) is 2. The SMILES string of the molecule is COc1cc2c(cc1OC)C1(NCC2)C(=O)Nc2c(Cl)cc(Cl)cc21. The number of benzene rings is 2. The van der Waals surface area contributed by atoms with Crippen LogP contribution in [0.2, 0.25) is 10.0 Å². The molecule has 25 heavy (non-hydrogen) atoms. The highest BCUT2D eigenvalue weighted by Crippen LogP contribution is 2.49. The number of carbonyl (C=O) groups is 1. The number of carbonyl (C=O) groups excluding carboxylic acids is 1. The molecule has 2 aromatic carbocycles. The average molecular weight is 379 g/mol. The smallest absolute Gasteiger partial charge is 0.254 e. The number of rotatable bonds is 2. The Kier molecular flexibility index (Phi) is 3.83. The summed E-state index contributed by atoms with van der Waals surface area (Å²) in [6, 6.07) is 7.18. The first-order valence-electron chi connectivity index (χ1n) is 7.82. The molecule has 2 heterocycles. The van der Waals surface area contributed by atoms with Gasteiger partial charge in [0.05, 0.1) is 24.9 Å². The quantitative estimate of drug-likeness (QED) is 0.840. The van der Waals surface area contributed by atoms with E-state index in [-0.39, 0.29) is 5.91 Å². The van der Waals surface area contributed by atoms with Gasteiger partial charge in [0.25, 0.3) is 5.91 Å². The van der Waals surface area contributed by atoms with E-state index >= 15 is 0 Å². The molecule has 0 saturated heterocycles. The van der Waals surface area contributed by atoms with Crippen molar-refractivity contribution in [3.05, 3.63) is 51.0 Å². The van der Waals surface area contributed by atoms with E-state index in [0.717, 1.165) is 23.1 Å². The maximum atomic E-state index is 13.0. The largest absolute Gasteiger partial charge is 0.493 e. The summed E-state index contributed by atoms with van der Waals surface area (Å²) in [5.41, 5.74) is 2.12. The predicted octanol–water partition coefficient (Wildman–Crippen LogP) is 3.35. The van der Waals surface area contributed by atoms with Crippen molar-refractivity contribution < 1.29 is 14.3 Å². The number of nitrogens with one attached hydrogen (secondary N) is 2. The van der Waals surface area contributed by atoms with Crippen LogP contribution in [0.3, 0.4) is 0 Å². The van der Waals surface area contributed by atoms with E-state index in [1.165, 1.54) is 0 Å². The molecule has 4 rings (SSSR count). The van der Waals surface area contributed by atoms with Gasteiger partial charge in [-0.2, -0.15) is 0 Å². The van der Waals surface area contributed by atoms with E-state index in [4.69, 9.17) is 32.7 Å². The Balaban J connectivity index is 2.02. The van der Waals surface area contributed by atoms with Crippen molar-refractivity contribution in [2.45, 2.75) is 12.0 Å². The van der Waals surface area contributed by atoms with Gasteiger partial charge in [-0.1, -0.05) is 23.2 Å². The van der Waals surface area contributed by atoms with Crippen LogP contribution in [0.4, 0.5) is 5.69 Å². The minimum absolute atomic E-state index is 0.181. The van der Waals surface area contributed by atoms with Crippen molar-refractivity contribution in [1.29, 1.82) is 0 Å². The molecule has 5 nitrogen and oxygen atoms in total. The molecule has 7 heteroatoms. The van der Waals surface area contributed by atoms with Crippen LogP contribution in [0, 0.1) is 0 Å². The van der Waals surface area contributed by atoms with Crippen LogP contribution in [-0.4, -0.2) is 26.7 Å². The van der Waals surface area contributed by atoms with Gasteiger partial charge < -0.3 is 14.8 Å². The lowest BCUT2D eigenvalue weighted by atomic mass is 9.78. The van der Waals surface area contributed by atoms with Crippen LogP contribution >= 0.6 is 23.2 Å². The molecule has 0 saturated carbocycles. The Morgan fingerprint density at radius 3 is 2.48 bits per heavy atom. The molecule has 1 amide bonds. The van der Waals surface area contributed by atoms with Crippen molar-refractivity contribution >= 4 is 34.8 Å². The van der Waals surface area contributed by atoms with Gasteiger partial charge in [0.1, 0.15) is 0 Å². The number of amides is 1. The number of methoxy groups -OCH3 is 2. The second-order valence-electron chi connectivity index (χ2n) is 6.06. The Hall–Kier alpha value is -1.95. The van der Waals surface area contributed by atoms with E-state index in [9.17, 15) is 4.79 Å². The van der Waals surface area contributed by atoms with Crippen LogP contribution in [0.1, 0.15) is 16.7 Å². The summed E-state index contributed by atoms with van der Waals surface area (Å²) in [5, 5.41) is 7.17. The molecular formula is C18H16Cl2N2O3. The molecular weight excluding hydrogens is 363 g/mol. The highest BCUT2D eigenvalue weighted by Gasteiger charge is 2.51. The number of ether oxygens (including phenoxy) is 2. The molecule has 2 aliphatic heterocycles. The summed E-state index contributed by atoms with van der Waals surface area (Å²) < 4.78 is 10.8. The average Bonchev–Trinajstić information content (AvgIpc) is 2.87. The van der Waals surface area contributed by atoms with Gasteiger partial charge in [0.15, 0.2) is 17.0 Å². The summed E-state index contributed by atoms with van der Waals surface area (Å²) in [6.07, 6.45) is 0.772. The third-order valence-electron chi connectivity index (χ3n) is 4.84. The van der Waals surface area contributed by atoms with Crippen molar-refractivity contribution in [3.8, 4) is 11.5 Å². The molecule has 1 spiro atoms. The third-order valence-corrected chi connectivity index (χ3v) is 5.35. The van der Waals surface area contributed by atoms with Crippen LogP contribution in [0.25, 0.3) is 0 Å². The molecule has 1 atom stereocenters.